The molecule has 2 saturated heterocycles. The van der Waals surface area contributed by atoms with Gasteiger partial charge in [-0.2, -0.15) is 0 Å². The van der Waals surface area contributed by atoms with Crippen molar-refractivity contribution in [2.45, 2.75) is 70.0 Å². The number of hydrogen-bond donors (Lipinski definition) is 1. The molecule has 7 aliphatic rings. The molecule has 4 bridgehead atoms. The number of nitrogens with one attached hydrogen (secondary N) is 1. The highest BCUT2D eigenvalue weighted by Crippen LogP contribution is 2.60. The van der Waals surface area contributed by atoms with Gasteiger partial charge in [0.05, 0.1) is 13.1 Å². The van der Waals surface area contributed by atoms with Gasteiger partial charge in [0, 0.05) is 51.3 Å². The minimum absolute atomic E-state index is 0.180. The first-order chi connectivity index (χ1) is 20.4. The summed E-state index contributed by atoms with van der Waals surface area (Å²) in [6.07, 6.45) is 8.98. The number of hydrazine groups is 1. The molecule has 6 fully saturated rings. The Labute approximate surface area is 248 Å². The number of nitrogens with zero attached hydrogens (tertiary/aromatic N) is 4. The van der Waals surface area contributed by atoms with Crippen LogP contribution in [0.4, 0.5) is 4.79 Å². The molecular formula is C34H41N5O3. The lowest BCUT2D eigenvalue weighted by atomic mass is 9.48. The number of imide groups is 1. The van der Waals surface area contributed by atoms with Crippen molar-refractivity contribution in [3.63, 3.8) is 0 Å². The zero-order valence-electron chi connectivity index (χ0n) is 24.4. The van der Waals surface area contributed by atoms with Crippen molar-refractivity contribution in [3.05, 3.63) is 70.3 Å². The van der Waals surface area contributed by atoms with E-state index in [0.717, 1.165) is 62.6 Å². The lowest BCUT2D eigenvalue weighted by Gasteiger charge is -2.57. The highest BCUT2D eigenvalue weighted by Gasteiger charge is 2.51. The Balaban J connectivity index is 0.846. The van der Waals surface area contributed by atoms with Crippen molar-refractivity contribution in [2.75, 3.05) is 32.7 Å². The molecule has 0 radical (unpaired) electrons. The van der Waals surface area contributed by atoms with Crippen LogP contribution in [0.15, 0.2) is 42.5 Å². The smallest absolute Gasteiger partial charge is 0.297 e. The molecule has 2 aromatic rings. The second-order valence-electron chi connectivity index (χ2n) is 14.0. The SMILES string of the molecule is O=C1CCN(N2Cc3cc(CN4CCN(Cc5ccc(C67CC8CC(CC(C8)C6)C7)cc5)CC4)ccc3C2=O)C(=O)N1. The summed E-state index contributed by atoms with van der Waals surface area (Å²) in [5.41, 5.74) is 6.29. The maximum atomic E-state index is 13.0. The van der Waals surface area contributed by atoms with Gasteiger partial charge in [-0.05, 0) is 90.0 Å². The lowest BCUT2D eigenvalue weighted by molar-refractivity contribution is -0.123. The molecule has 4 saturated carbocycles. The van der Waals surface area contributed by atoms with Gasteiger partial charge in [-0.1, -0.05) is 36.4 Å². The Hall–Kier alpha value is -3.23. The molecule has 0 atom stereocenters. The van der Waals surface area contributed by atoms with Gasteiger partial charge in [0.2, 0.25) is 5.91 Å². The quantitative estimate of drug-likeness (QED) is 0.564. The van der Waals surface area contributed by atoms with Crippen molar-refractivity contribution in [2.24, 2.45) is 17.8 Å². The number of piperazine rings is 1. The van der Waals surface area contributed by atoms with Crippen molar-refractivity contribution < 1.29 is 14.4 Å². The summed E-state index contributed by atoms with van der Waals surface area (Å²) in [4.78, 5) is 41.8. The summed E-state index contributed by atoms with van der Waals surface area (Å²) in [5.74, 6) is 2.47. The zero-order valence-corrected chi connectivity index (χ0v) is 24.4. The maximum absolute atomic E-state index is 13.0. The third-order valence-corrected chi connectivity index (χ3v) is 11.2. The van der Waals surface area contributed by atoms with Crippen LogP contribution >= 0.6 is 0 Å². The van der Waals surface area contributed by atoms with Crippen LogP contribution in [0, 0.1) is 17.8 Å². The summed E-state index contributed by atoms with van der Waals surface area (Å²) in [5, 5.41) is 5.13. The van der Waals surface area contributed by atoms with E-state index in [4.69, 9.17) is 0 Å². The van der Waals surface area contributed by atoms with E-state index < -0.39 is 6.03 Å². The van der Waals surface area contributed by atoms with Crippen LogP contribution in [0.5, 0.6) is 0 Å². The van der Waals surface area contributed by atoms with Gasteiger partial charge < -0.3 is 0 Å². The van der Waals surface area contributed by atoms with Crippen LogP contribution in [0.25, 0.3) is 0 Å². The molecule has 9 rings (SSSR count). The van der Waals surface area contributed by atoms with Crippen LogP contribution in [0.2, 0.25) is 0 Å². The van der Waals surface area contributed by atoms with Crippen LogP contribution in [-0.2, 0) is 29.8 Å². The van der Waals surface area contributed by atoms with Gasteiger partial charge in [0.1, 0.15) is 0 Å². The third-order valence-electron chi connectivity index (χ3n) is 11.2. The summed E-state index contributed by atoms with van der Waals surface area (Å²) >= 11 is 0. The average molecular weight is 568 g/mol. The molecule has 0 spiro atoms. The average Bonchev–Trinajstić information content (AvgIpc) is 3.29. The van der Waals surface area contributed by atoms with E-state index in [0.29, 0.717) is 17.5 Å². The number of carbonyl (C=O) groups excluding carboxylic acids is 3. The minimum Gasteiger partial charge on any atom is -0.297 e. The number of fused-ring (bicyclic) bond motifs is 1. The monoisotopic (exact) mass is 567 g/mol. The molecule has 3 aliphatic heterocycles. The van der Waals surface area contributed by atoms with Crippen LogP contribution in [-0.4, -0.2) is 70.4 Å². The van der Waals surface area contributed by atoms with E-state index in [1.807, 2.05) is 12.1 Å². The fourth-order valence-corrected chi connectivity index (χ4v) is 9.49. The van der Waals surface area contributed by atoms with Crippen LogP contribution in [0.3, 0.4) is 0 Å². The van der Waals surface area contributed by atoms with E-state index in [1.54, 1.807) is 5.56 Å². The van der Waals surface area contributed by atoms with Gasteiger partial charge in [0.15, 0.2) is 0 Å². The molecule has 3 heterocycles. The van der Waals surface area contributed by atoms with E-state index in [2.05, 4.69) is 45.4 Å². The molecule has 4 amide bonds. The molecule has 8 nitrogen and oxygen atoms in total. The Morgan fingerprint density at radius 3 is 1.93 bits per heavy atom. The Morgan fingerprint density at radius 2 is 1.31 bits per heavy atom. The van der Waals surface area contributed by atoms with Gasteiger partial charge in [-0.3, -0.25) is 24.7 Å². The topological polar surface area (TPSA) is 76.2 Å². The summed E-state index contributed by atoms with van der Waals surface area (Å²) in [6, 6.07) is 15.3. The van der Waals surface area contributed by atoms with Gasteiger partial charge in [0.25, 0.3) is 5.91 Å². The summed E-state index contributed by atoms with van der Waals surface area (Å²) < 4.78 is 0. The number of urea groups is 1. The predicted octanol–water partition coefficient (Wildman–Crippen LogP) is 4.28. The maximum Gasteiger partial charge on any atom is 0.342 e. The summed E-state index contributed by atoms with van der Waals surface area (Å²) in [6.45, 7) is 6.61. The Bertz CT molecular complexity index is 1380. The van der Waals surface area contributed by atoms with Crippen molar-refractivity contribution >= 4 is 17.8 Å². The number of carbonyl (C=O) groups is 3. The lowest BCUT2D eigenvalue weighted by Crippen LogP contribution is -2.56. The molecule has 0 aromatic heterocycles. The fraction of sp³-hybridized carbons (Fsp3) is 0.559. The molecule has 4 aliphatic carbocycles. The first-order valence-electron chi connectivity index (χ1n) is 16.0. The van der Waals surface area contributed by atoms with Crippen LogP contribution in [0.1, 0.15) is 77.6 Å². The molecule has 1 N–H and O–H groups in total. The molecule has 2 aromatic carbocycles. The Kier molecular flexibility index (Phi) is 6.41. The molecule has 0 unspecified atom stereocenters. The van der Waals surface area contributed by atoms with Crippen molar-refractivity contribution in [1.29, 1.82) is 0 Å². The number of hydrogen-bond acceptors (Lipinski definition) is 5. The van der Waals surface area contributed by atoms with Crippen molar-refractivity contribution in [3.8, 4) is 0 Å². The van der Waals surface area contributed by atoms with Gasteiger partial charge in [-0.25, -0.2) is 14.8 Å². The minimum atomic E-state index is -0.524. The molecular weight excluding hydrogens is 526 g/mol. The molecule has 8 heteroatoms. The molecule has 42 heavy (non-hydrogen) atoms. The van der Waals surface area contributed by atoms with Gasteiger partial charge in [-0.15, -0.1) is 0 Å². The first-order valence-corrected chi connectivity index (χ1v) is 16.0. The van der Waals surface area contributed by atoms with E-state index in [9.17, 15) is 14.4 Å². The van der Waals surface area contributed by atoms with Gasteiger partial charge >= 0.3 is 6.03 Å². The largest absolute Gasteiger partial charge is 0.342 e. The normalized spacial score (nSPS) is 31.1. The fourth-order valence-electron chi connectivity index (χ4n) is 9.49. The van der Waals surface area contributed by atoms with Crippen LogP contribution < -0.4 is 5.32 Å². The molecule has 220 valence electrons. The van der Waals surface area contributed by atoms with E-state index in [-0.39, 0.29) is 24.8 Å². The zero-order chi connectivity index (χ0) is 28.4. The first kappa shape index (κ1) is 26.4. The van der Waals surface area contributed by atoms with E-state index >= 15 is 0 Å². The highest BCUT2D eigenvalue weighted by molar-refractivity contribution is 6.01. The number of benzene rings is 2. The second kappa shape index (κ2) is 10.2. The summed E-state index contributed by atoms with van der Waals surface area (Å²) in [7, 11) is 0. The van der Waals surface area contributed by atoms with E-state index in [1.165, 1.54) is 59.7 Å². The number of amides is 4. The standard InChI is InChI=1S/C34H41N5O3/c40-31-7-8-38(33(42)35-31)39-22-28-16-24(3-6-30(28)32(39)41)21-37-11-9-36(10-12-37)20-23-1-4-29(5-2-23)34-17-25-13-26(18-34)15-27(14-25)19-34/h1-6,16,25-27H,7-15,17-22H2,(H,35,40,42). The number of rotatable bonds is 6. The third kappa shape index (κ3) is 4.73. The highest BCUT2D eigenvalue weighted by atomic mass is 16.2. The van der Waals surface area contributed by atoms with Crippen molar-refractivity contribution in [1.82, 2.24) is 25.1 Å². The second-order valence-corrected chi connectivity index (χ2v) is 14.0. The Morgan fingerprint density at radius 1 is 0.714 bits per heavy atom. The predicted molar refractivity (Wildman–Crippen MR) is 158 cm³/mol.